The largest absolute Gasteiger partial charge is 0.388 e. The highest BCUT2D eigenvalue weighted by atomic mass is 35.5. The van der Waals surface area contributed by atoms with E-state index in [2.05, 4.69) is 10.0 Å². The van der Waals surface area contributed by atoms with Crippen LogP contribution in [-0.4, -0.2) is 11.7 Å². The zero-order chi connectivity index (χ0) is 12.0. The average Bonchev–Trinajstić information content (AvgIpc) is 2.27. The summed E-state index contributed by atoms with van der Waals surface area (Å²) < 4.78 is 0. The van der Waals surface area contributed by atoms with Gasteiger partial charge in [0.15, 0.2) is 0 Å². The van der Waals surface area contributed by atoms with Gasteiger partial charge in [-0.2, -0.15) is 0 Å². The minimum absolute atomic E-state index is 0.410. The van der Waals surface area contributed by atoms with Crippen LogP contribution in [0.5, 0.6) is 0 Å². The predicted octanol–water partition coefficient (Wildman–Crippen LogP) is 3.77. The molecule has 0 saturated heterocycles. The van der Waals surface area contributed by atoms with Crippen molar-refractivity contribution >= 4 is 11.6 Å². The molecule has 0 aliphatic heterocycles. The number of hydrogen-bond donors (Lipinski definition) is 1. The molecule has 0 heterocycles. The fraction of sp³-hybridized carbons (Fsp3) is 0.455. The fourth-order valence-corrected chi connectivity index (χ4v) is 1.71. The van der Waals surface area contributed by atoms with E-state index in [0.29, 0.717) is 24.4 Å². The van der Waals surface area contributed by atoms with E-state index < -0.39 is 6.10 Å². The highest BCUT2D eigenvalue weighted by Crippen LogP contribution is 2.24. The third-order valence-corrected chi connectivity index (χ3v) is 2.63. The first-order valence-electron chi connectivity index (χ1n) is 5.10. The molecule has 0 aliphatic carbocycles. The van der Waals surface area contributed by atoms with Crippen LogP contribution >= 0.6 is 11.6 Å². The van der Waals surface area contributed by atoms with Gasteiger partial charge in [0.25, 0.3) is 0 Å². The summed E-state index contributed by atoms with van der Waals surface area (Å²) in [6.45, 7) is 2.34. The Hall–Kier alpha value is -1.22. The van der Waals surface area contributed by atoms with Gasteiger partial charge in [0, 0.05) is 16.5 Å². The summed E-state index contributed by atoms with van der Waals surface area (Å²) in [7, 11) is 0. The highest BCUT2D eigenvalue weighted by Gasteiger charge is 2.10. The number of azide groups is 1. The van der Waals surface area contributed by atoms with Crippen LogP contribution in [0.3, 0.4) is 0 Å². The number of hydrogen-bond acceptors (Lipinski definition) is 2. The fourth-order valence-electron chi connectivity index (χ4n) is 1.53. The minimum Gasteiger partial charge on any atom is -0.388 e. The normalized spacial score (nSPS) is 11.9. The van der Waals surface area contributed by atoms with Gasteiger partial charge in [-0.1, -0.05) is 22.8 Å². The SMILES string of the molecule is Cc1ccc(Cl)cc1C(O)CCCN=[N+]=[N-]. The van der Waals surface area contributed by atoms with Gasteiger partial charge in [-0.25, -0.2) is 0 Å². The van der Waals surface area contributed by atoms with Gasteiger partial charge >= 0.3 is 0 Å². The molecule has 0 bridgehead atoms. The summed E-state index contributed by atoms with van der Waals surface area (Å²) in [5.74, 6) is 0. The molecule has 4 nitrogen and oxygen atoms in total. The molecule has 0 aliphatic rings. The van der Waals surface area contributed by atoms with Crippen LogP contribution in [0.15, 0.2) is 23.3 Å². The summed E-state index contributed by atoms with van der Waals surface area (Å²) >= 11 is 5.87. The van der Waals surface area contributed by atoms with Crippen LogP contribution in [0.2, 0.25) is 5.02 Å². The monoisotopic (exact) mass is 239 g/mol. The molecule has 0 aromatic heterocycles. The van der Waals surface area contributed by atoms with Gasteiger partial charge in [-0.3, -0.25) is 0 Å². The van der Waals surface area contributed by atoms with E-state index in [0.717, 1.165) is 11.1 Å². The number of aliphatic hydroxyl groups excluding tert-OH is 1. The van der Waals surface area contributed by atoms with Crippen LogP contribution in [-0.2, 0) is 0 Å². The quantitative estimate of drug-likeness (QED) is 0.361. The van der Waals surface area contributed by atoms with Gasteiger partial charge in [0.2, 0.25) is 0 Å². The van der Waals surface area contributed by atoms with Gasteiger partial charge < -0.3 is 5.11 Å². The van der Waals surface area contributed by atoms with Crippen LogP contribution < -0.4 is 0 Å². The maximum absolute atomic E-state index is 9.93. The predicted molar refractivity (Wildman–Crippen MR) is 64.4 cm³/mol. The number of nitrogens with zero attached hydrogens (tertiary/aromatic N) is 3. The standard InChI is InChI=1S/C11H14ClN3O/c1-8-4-5-9(12)7-10(8)11(16)3-2-6-14-15-13/h4-5,7,11,16H,2-3,6H2,1H3. The number of aryl methyl sites for hydroxylation is 1. The van der Waals surface area contributed by atoms with Crippen molar-refractivity contribution in [3.05, 3.63) is 44.8 Å². The van der Waals surface area contributed by atoms with Crippen LogP contribution in [0, 0.1) is 6.92 Å². The Morgan fingerprint density at radius 1 is 1.56 bits per heavy atom. The molecule has 1 N–H and O–H groups in total. The second-order valence-corrected chi connectivity index (χ2v) is 4.05. The molecular weight excluding hydrogens is 226 g/mol. The molecule has 0 spiro atoms. The Bertz CT molecular complexity index is 402. The summed E-state index contributed by atoms with van der Waals surface area (Å²) in [6.07, 6.45) is 0.685. The summed E-state index contributed by atoms with van der Waals surface area (Å²) in [6, 6.07) is 5.45. The molecule has 16 heavy (non-hydrogen) atoms. The zero-order valence-corrected chi connectivity index (χ0v) is 9.85. The van der Waals surface area contributed by atoms with E-state index >= 15 is 0 Å². The Kier molecular flexibility index (Phi) is 5.12. The van der Waals surface area contributed by atoms with Crippen molar-refractivity contribution in [3.63, 3.8) is 0 Å². The van der Waals surface area contributed by atoms with Crippen molar-refractivity contribution in [3.8, 4) is 0 Å². The lowest BCUT2D eigenvalue weighted by Crippen LogP contribution is -2.00. The molecule has 1 aromatic carbocycles. The molecular formula is C11H14ClN3O. The third-order valence-electron chi connectivity index (χ3n) is 2.40. The molecule has 0 saturated carbocycles. The van der Waals surface area contributed by atoms with E-state index in [4.69, 9.17) is 17.1 Å². The van der Waals surface area contributed by atoms with Crippen molar-refractivity contribution in [1.82, 2.24) is 0 Å². The minimum atomic E-state index is -0.549. The topological polar surface area (TPSA) is 69.0 Å². The van der Waals surface area contributed by atoms with Gasteiger partial charge in [0.05, 0.1) is 6.10 Å². The van der Waals surface area contributed by atoms with Crippen LogP contribution in [0.4, 0.5) is 0 Å². The van der Waals surface area contributed by atoms with Crippen molar-refractivity contribution in [2.24, 2.45) is 5.11 Å². The molecule has 86 valence electrons. The Morgan fingerprint density at radius 2 is 2.31 bits per heavy atom. The smallest absolute Gasteiger partial charge is 0.0793 e. The molecule has 0 fully saturated rings. The lowest BCUT2D eigenvalue weighted by molar-refractivity contribution is 0.165. The highest BCUT2D eigenvalue weighted by molar-refractivity contribution is 6.30. The van der Waals surface area contributed by atoms with Crippen molar-refractivity contribution in [2.75, 3.05) is 6.54 Å². The molecule has 1 unspecified atom stereocenters. The van der Waals surface area contributed by atoms with E-state index in [1.165, 1.54) is 0 Å². The third kappa shape index (κ3) is 3.74. The first-order chi connectivity index (χ1) is 7.65. The van der Waals surface area contributed by atoms with Gasteiger partial charge in [-0.15, -0.1) is 0 Å². The average molecular weight is 240 g/mol. The lowest BCUT2D eigenvalue weighted by Gasteiger charge is -2.13. The van der Waals surface area contributed by atoms with E-state index in [-0.39, 0.29) is 0 Å². The summed E-state index contributed by atoms with van der Waals surface area (Å²) in [4.78, 5) is 2.66. The Balaban J connectivity index is 2.61. The molecule has 0 radical (unpaired) electrons. The first-order valence-corrected chi connectivity index (χ1v) is 5.48. The molecule has 0 amide bonds. The zero-order valence-electron chi connectivity index (χ0n) is 9.10. The second kappa shape index (κ2) is 6.38. The maximum atomic E-state index is 9.93. The number of rotatable bonds is 5. The molecule has 1 aromatic rings. The van der Waals surface area contributed by atoms with Crippen molar-refractivity contribution in [1.29, 1.82) is 0 Å². The van der Waals surface area contributed by atoms with Crippen molar-refractivity contribution < 1.29 is 5.11 Å². The summed E-state index contributed by atoms with van der Waals surface area (Å²) in [5, 5.41) is 14.0. The summed E-state index contributed by atoms with van der Waals surface area (Å²) in [5.41, 5.74) is 9.96. The maximum Gasteiger partial charge on any atom is 0.0793 e. The van der Waals surface area contributed by atoms with E-state index in [1.807, 2.05) is 13.0 Å². The number of halogens is 1. The molecule has 1 atom stereocenters. The lowest BCUT2D eigenvalue weighted by atomic mass is 10.0. The number of benzene rings is 1. The van der Waals surface area contributed by atoms with E-state index in [9.17, 15) is 5.11 Å². The van der Waals surface area contributed by atoms with Crippen LogP contribution in [0.25, 0.3) is 10.4 Å². The molecule has 5 heteroatoms. The van der Waals surface area contributed by atoms with Gasteiger partial charge in [-0.05, 0) is 48.6 Å². The van der Waals surface area contributed by atoms with Gasteiger partial charge in [0.1, 0.15) is 0 Å². The Labute approximate surface area is 99.5 Å². The van der Waals surface area contributed by atoms with Crippen LogP contribution in [0.1, 0.15) is 30.1 Å². The Morgan fingerprint density at radius 3 is 3.00 bits per heavy atom. The number of aliphatic hydroxyl groups is 1. The van der Waals surface area contributed by atoms with E-state index in [1.54, 1.807) is 12.1 Å². The first kappa shape index (κ1) is 12.8. The molecule has 1 rings (SSSR count). The van der Waals surface area contributed by atoms with Crippen molar-refractivity contribution in [2.45, 2.75) is 25.9 Å². The second-order valence-electron chi connectivity index (χ2n) is 3.61.